The molecule has 13 heavy (non-hydrogen) atoms. The molecule has 64 valence electrons. The molecular weight excluding hydrogens is 231 g/mol. The van der Waals surface area contributed by atoms with Crippen molar-refractivity contribution in [3.05, 3.63) is 0 Å². The molecule has 0 aliphatic rings. The Morgan fingerprint density at radius 3 is 0.538 bits per heavy atom. The monoisotopic (exact) mass is 240 g/mol. The molecule has 0 heterocycles. The molecule has 0 aromatic carbocycles. The summed E-state index contributed by atoms with van der Waals surface area (Å²) in [5.41, 5.74) is 0. The molecule has 0 spiro atoms. The van der Waals surface area contributed by atoms with Gasteiger partial charge >= 0.3 is 118 Å². The molecule has 0 aromatic heterocycles. The van der Waals surface area contributed by atoms with Crippen LogP contribution in [0.5, 0.6) is 0 Å². The van der Waals surface area contributed by atoms with Gasteiger partial charge in [-0.2, -0.15) is 0 Å². The van der Waals surface area contributed by atoms with E-state index < -0.39 is 7.32 Å². The Morgan fingerprint density at radius 1 is 0.538 bits per heavy atom. The van der Waals surface area contributed by atoms with E-state index in [2.05, 4.69) is 0 Å². The molecule has 0 atom stereocenters. The van der Waals surface area contributed by atoms with Crippen LogP contribution in [0.4, 0.5) is 0 Å². The fourth-order valence-electron chi connectivity index (χ4n) is 0. The van der Waals surface area contributed by atoms with Crippen LogP contribution in [0.2, 0.25) is 0 Å². The van der Waals surface area contributed by atoms with Gasteiger partial charge in [0.1, 0.15) is 0 Å². The third-order valence-electron chi connectivity index (χ3n) is 0. The first-order chi connectivity index (χ1) is 1.73. The number of hydrogen-bond acceptors (Lipinski definition) is 4. The molecule has 13 heteroatoms. The molecule has 0 saturated carbocycles. The summed E-state index contributed by atoms with van der Waals surface area (Å²) in [6, 6.07) is 0. The zero-order chi connectivity index (χ0) is 3.58. The third kappa shape index (κ3) is 212. The topological polar surface area (TPSA) is 225 Å². The van der Waals surface area contributed by atoms with Gasteiger partial charge in [-0.1, -0.05) is 0 Å². The van der Waals surface area contributed by atoms with Gasteiger partial charge in [-0.25, -0.2) is 0 Å². The van der Waals surface area contributed by atoms with Crippen LogP contribution in [-0.4, -0.2) is 34.7 Å². The van der Waals surface area contributed by atoms with Crippen LogP contribution in [0.25, 0.3) is 0 Å². The Morgan fingerprint density at radius 2 is 0.538 bits per heavy atom. The van der Waals surface area contributed by atoms with Crippen molar-refractivity contribution in [2.24, 2.45) is 0 Å². The second kappa shape index (κ2) is 75.2. The van der Waals surface area contributed by atoms with Gasteiger partial charge in [0.15, 0.2) is 0 Å². The average molecular weight is 240 g/mol. The maximum Gasteiger partial charge on any atom is 1.00 e. The van der Waals surface area contributed by atoms with Gasteiger partial charge in [-0.05, 0) is 0 Å². The van der Waals surface area contributed by atoms with E-state index in [0.29, 0.717) is 0 Å². The van der Waals surface area contributed by atoms with Gasteiger partial charge in [0.25, 0.3) is 0 Å². The fraction of sp³-hybridized carbons (Fsp3) is 0. The average Bonchev–Trinajstić information content (AvgIpc) is 0.811. The molecule has 0 unspecified atom stereocenters. The van der Waals surface area contributed by atoms with Crippen LogP contribution >= 0.6 is 0 Å². The molecule has 0 aliphatic heterocycles. The maximum absolute atomic E-state index is 8.42. The van der Waals surface area contributed by atoms with Crippen LogP contribution in [0.1, 0.15) is 0 Å². The quantitative estimate of drug-likeness (QED) is 0.375. The van der Waals surface area contributed by atoms with Crippen molar-refractivity contribution in [3.8, 4) is 0 Å². The molecule has 9 N–H and O–H groups in total. The van der Waals surface area contributed by atoms with E-state index in [0.717, 1.165) is 0 Å². The van der Waals surface area contributed by atoms with E-state index in [4.69, 9.17) is 15.1 Å². The summed E-state index contributed by atoms with van der Waals surface area (Å²) in [5, 5.41) is 25.2. The summed E-state index contributed by atoms with van der Waals surface area (Å²) >= 11 is 0. The van der Waals surface area contributed by atoms with Gasteiger partial charge in [0.2, 0.25) is 0 Å². The minimum atomic E-state index is -2.92. The van der Waals surface area contributed by atoms with Crippen molar-refractivity contribution in [2.45, 2.75) is 0 Å². The minimum Gasteiger partial charge on any atom is -0.907 e. The van der Waals surface area contributed by atoms with Crippen molar-refractivity contribution >= 4 is 7.32 Å². The van der Waals surface area contributed by atoms with Crippen molar-refractivity contribution < 1.29 is 161 Å². The van der Waals surface area contributed by atoms with Crippen LogP contribution < -0.4 is 133 Å². The van der Waals surface area contributed by atoms with Crippen LogP contribution in [0.15, 0.2) is 0 Å². The largest absolute Gasteiger partial charge is 1.00 e. The summed E-state index contributed by atoms with van der Waals surface area (Å²) in [6.07, 6.45) is 0. The first-order valence-corrected chi connectivity index (χ1v) is 0.707. The summed E-state index contributed by atoms with van der Waals surface area (Å²) in [7, 11) is -2.92. The maximum atomic E-state index is 8.42. The molecular formula is H9BNa4O8. The van der Waals surface area contributed by atoms with Crippen LogP contribution in [-0.2, 0) is 0 Å². The van der Waals surface area contributed by atoms with E-state index in [1.807, 2.05) is 0 Å². The van der Waals surface area contributed by atoms with E-state index in [1.165, 1.54) is 0 Å². The molecule has 8 nitrogen and oxygen atoms in total. The summed E-state index contributed by atoms with van der Waals surface area (Å²) in [4.78, 5) is 0. The Bertz CT molecular complexity index is 20.9. The molecule has 0 fully saturated rings. The van der Waals surface area contributed by atoms with E-state index in [9.17, 15) is 0 Å². The first-order valence-electron chi connectivity index (χ1n) is 0.707. The predicted molar refractivity (Wildman–Crippen MR) is 22.1 cm³/mol. The SMILES string of the molecule is O.O.O.O.[Na+].[Na+].[Na+].[Na+].[O-]B([O-])[O-].[OH-]. The first kappa shape index (κ1) is 91.2. The second-order valence-electron chi connectivity index (χ2n) is 0.289. The van der Waals surface area contributed by atoms with Crippen molar-refractivity contribution in [1.82, 2.24) is 0 Å². The molecule has 0 amide bonds. The molecule has 0 radical (unpaired) electrons. The molecule has 0 aromatic rings. The minimum absolute atomic E-state index is 0. The fourth-order valence-corrected chi connectivity index (χ4v) is 0. The van der Waals surface area contributed by atoms with Gasteiger partial charge in [0.05, 0.1) is 0 Å². The van der Waals surface area contributed by atoms with Crippen LogP contribution in [0, 0.1) is 0 Å². The van der Waals surface area contributed by atoms with Gasteiger partial charge < -0.3 is 42.5 Å². The van der Waals surface area contributed by atoms with Gasteiger partial charge in [-0.3, -0.25) is 7.32 Å². The molecule has 0 aliphatic carbocycles. The number of hydrogen-bond donors (Lipinski definition) is 0. The summed E-state index contributed by atoms with van der Waals surface area (Å²) in [5.74, 6) is 0. The Hall–Kier alpha value is 3.74. The van der Waals surface area contributed by atoms with Crippen molar-refractivity contribution in [3.63, 3.8) is 0 Å². The smallest absolute Gasteiger partial charge is 0.907 e. The third-order valence-corrected chi connectivity index (χ3v) is 0. The number of rotatable bonds is 0. The van der Waals surface area contributed by atoms with Gasteiger partial charge in [-0.15, -0.1) is 0 Å². The normalized spacial score (nSPS) is 2.08. The molecule has 0 rings (SSSR count). The van der Waals surface area contributed by atoms with E-state index in [-0.39, 0.29) is 146 Å². The zero-order valence-corrected chi connectivity index (χ0v) is 16.2. The van der Waals surface area contributed by atoms with E-state index >= 15 is 0 Å². The summed E-state index contributed by atoms with van der Waals surface area (Å²) < 4.78 is 0. The Kier molecular flexibility index (Phi) is 528. The Labute approximate surface area is 165 Å². The Balaban J connectivity index is -0.00000000125. The second-order valence-corrected chi connectivity index (χ2v) is 0.289. The molecule has 0 bridgehead atoms. The zero-order valence-electron chi connectivity index (χ0n) is 8.25. The van der Waals surface area contributed by atoms with Gasteiger partial charge in [0, 0.05) is 0 Å². The standard InChI is InChI=1S/BO3.4Na.5H2O/c2-1(3)4;;;;;;;;;/h;;;;;5*1H2/q-3;4*+1;;;;;/p-1. The summed E-state index contributed by atoms with van der Waals surface area (Å²) in [6.45, 7) is 0. The molecule has 0 saturated heterocycles. The predicted octanol–water partition coefficient (Wildman–Crippen LogP) is -19.4. The van der Waals surface area contributed by atoms with E-state index in [1.54, 1.807) is 0 Å². The van der Waals surface area contributed by atoms with Crippen LogP contribution in [0.3, 0.4) is 0 Å². The van der Waals surface area contributed by atoms with Crippen molar-refractivity contribution in [1.29, 1.82) is 0 Å². The van der Waals surface area contributed by atoms with Crippen molar-refractivity contribution in [2.75, 3.05) is 0 Å².